The normalized spacial score (nSPS) is 12.9. The van der Waals surface area contributed by atoms with Crippen LogP contribution in [0.5, 0.6) is 0 Å². The summed E-state index contributed by atoms with van der Waals surface area (Å²) in [5.74, 6) is 1.02. The van der Waals surface area contributed by atoms with E-state index < -0.39 is 0 Å². The Balaban J connectivity index is 2.41. The van der Waals surface area contributed by atoms with Crippen molar-refractivity contribution in [1.29, 1.82) is 0 Å². The molecule has 0 heterocycles. The number of benzene rings is 1. The molecule has 1 aromatic rings. The van der Waals surface area contributed by atoms with Gasteiger partial charge in [0.25, 0.3) is 0 Å². The minimum absolute atomic E-state index is 0.294. The summed E-state index contributed by atoms with van der Waals surface area (Å²) in [5, 5.41) is 3.47. The molecule has 0 aliphatic rings. The third-order valence-corrected chi connectivity index (χ3v) is 4.02. The van der Waals surface area contributed by atoms with Gasteiger partial charge in [-0.1, -0.05) is 28.9 Å². The summed E-state index contributed by atoms with van der Waals surface area (Å²) in [6, 6.07) is 8.81. The van der Waals surface area contributed by atoms with Gasteiger partial charge in [-0.3, -0.25) is 0 Å². The van der Waals surface area contributed by atoms with Crippen LogP contribution in [0.4, 0.5) is 0 Å². The summed E-state index contributed by atoms with van der Waals surface area (Å²) >= 11 is 5.36. The lowest BCUT2D eigenvalue weighted by molar-refractivity contribution is 0.0658. The maximum atomic E-state index is 5.68. The van der Waals surface area contributed by atoms with Gasteiger partial charge in [-0.2, -0.15) is 0 Å². The highest BCUT2D eigenvalue weighted by atomic mass is 79.9. The topological polar surface area (TPSA) is 21.3 Å². The Kier molecular flexibility index (Phi) is 7.98. The molecule has 0 aliphatic heterocycles. The van der Waals surface area contributed by atoms with Crippen molar-refractivity contribution in [3.8, 4) is 0 Å². The van der Waals surface area contributed by atoms with Crippen molar-refractivity contribution >= 4 is 27.7 Å². The van der Waals surface area contributed by atoms with Gasteiger partial charge in [-0.25, -0.2) is 0 Å². The first-order chi connectivity index (χ1) is 8.61. The predicted octanol–water partition coefficient (Wildman–Crippen LogP) is 3.94. The van der Waals surface area contributed by atoms with Crippen LogP contribution >= 0.6 is 27.7 Å². The minimum atomic E-state index is 0.294. The lowest BCUT2D eigenvalue weighted by Crippen LogP contribution is -2.36. The molecule has 0 amide bonds. The largest absolute Gasteiger partial charge is 0.377 e. The number of nitrogens with one attached hydrogen (secondary N) is 1. The fraction of sp³-hybridized carbons (Fsp3) is 0.571. The van der Waals surface area contributed by atoms with Crippen LogP contribution in [0.1, 0.15) is 20.8 Å². The van der Waals surface area contributed by atoms with Gasteiger partial charge in [0.15, 0.2) is 0 Å². The average molecular weight is 332 g/mol. The zero-order chi connectivity index (χ0) is 13.4. The number of likely N-dealkylation sites (N-methyl/N-ethyl adjacent to an activating group) is 1. The SMILES string of the molecule is CCNC(COC(C)C)CSc1cccc(Br)c1. The van der Waals surface area contributed by atoms with E-state index in [0.717, 1.165) is 23.4 Å². The van der Waals surface area contributed by atoms with E-state index in [9.17, 15) is 0 Å². The van der Waals surface area contributed by atoms with Crippen LogP contribution in [0.2, 0.25) is 0 Å². The van der Waals surface area contributed by atoms with E-state index in [1.807, 2.05) is 17.8 Å². The Bertz CT molecular complexity index is 346. The van der Waals surface area contributed by atoms with Gasteiger partial charge < -0.3 is 10.1 Å². The fourth-order valence-electron chi connectivity index (χ4n) is 1.52. The molecule has 0 aliphatic carbocycles. The van der Waals surface area contributed by atoms with E-state index in [-0.39, 0.29) is 0 Å². The minimum Gasteiger partial charge on any atom is -0.377 e. The number of hydrogen-bond donors (Lipinski definition) is 1. The Labute approximate surface area is 123 Å². The van der Waals surface area contributed by atoms with E-state index in [2.05, 4.69) is 60.2 Å². The molecule has 0 bridgehead atoms. The molecule has 1 N–H and O–H groups in total. The van der Waals surface area contributed by atoms with Gasteiger partial charge >= 0.3 is 0 Å². The molecule has 0 saturated carbocycles. The molecular weight excluding hydrogens is 310 g/mol. The number of thioether (sulfide) groups is 1. The maximum absolute atomic E-state index is 5.68. The zero-order valence-corrected chi connectivity index (χ0v) is 13.7. The first-order valence-corrected chi connectivity index (χ1v) is 8.13. The maximum Gasteiger partial charge on any atom is 0.0631 e. The lowest BCUT2D eigenvalue weighted by atomic mass is 10.3. The molecular formula is C14H22BrNOS. The van der Waals surface area contributed by atoms with E-state index in [1.165, 1.54) is 4.90 Å². The molecule has 0 saturated heterocycles. The quantitative estimate of drug-likeness (QED) is 0.729. The van der Waals surface area contributed by atoms with Crippen LogP contribution in [0.3, 0.4) is 0 Å². The highest BCUT2D eigenvalue weighted by molar-refractivity contribution is 9.10. The van der Waals surface area contributed by atoms with Crippen molar-refractivity contribution in [2.75, 3.05) is 18.9 Å². The summed E-state index contributed by atoms with van der Waals surface area (Å²) < 4.78 is 6.81. The molecule has 1 unspecified atom stereocenters. The third kappa shape index (κ3) is 6.78. The molecule has 4 heteroatoms. The van der Waals surface area contributed by atoms with Crippen LogP contribution in [0.25, 0.3) is 0 Å². The average Bonchev–Trinajstić information content (AvgIpc) is 2.32. The van der Waals surface area contributed by atoms with Crippen molar-refractivity contribution in [3.63, 3.8) is 0 Å². The van der Waals surface area contributed by atoms with Crippen LogP contribution < -0.4 is 5.32 Å². The Morgan fingerprint density at radius 3 is 2.78 bits per heavy atom. The molecule has 1 rings (SSSR count). The van der Waals surface area contributed by atoms with Crippen LogP contribution in [0, 0.1) is 0 Å². The van der Waals surface area contributed by atoms with Crippen molar-refractivity contribution in [3.05, 3.63) is 28.7 Å². The van der Waals surface area contributed by atoms with Crippen LogP contribution in [0.15, 0.2) is 33.6 Å². The Morgan fingerprint density at radius 2 is 2.17 bits per heavy atom. The van der Waals surface area contributed by atoms with E-state index >= 15 is 0 Å². The molecule has 0 spiro atoms. The number of ether oxygens (including phenoxy) is 1. The molecule has 102 valence electrons. The Hall–Kier alpha value is -0.0300. The number of hydrogen-bond acceptors (Lipinski definition) is 3. The van der Waals surface area contributed by atoms with Gasteiger partial charge in [0.1, 0.15) is 0 Å². The molecule has 0 aromatic heterocycles. The summed E-state index contributed by atoms with van der Waals surface area (Å²) in [7, 11) is 0. The molecule has 0 radical (unpaired) electrons. The van der Waals surface area contributed by atoms with Crippen molar-refractivity contribution in [2.24, 2.45) is 0 Å². The molecule has 2 nitrogen and oxygen atoms in total. The fourth-order valence-corrected chi connectivity index (χ4v) is 3.06. The van der Waals surface area contributed by atoms with Crippen molar-refractivity contribution < 1.29 is 4.74 Å². The van der Waals surface area contributed by atoms with Crippen molar-refractivity contribution in [1.82, 2.24) is 5.32 Å². The first kappa shape index (κ1) is 16.0. The number of halogens is 1. The first-order valence-electron chi connectivity index (χ1n) is 6.35. The van der Waals surface area contributed by atoms with Crippen LogP contribution in [-0.4, -0.2) is 31.1 Å². The Morgan fingerprint density at radius 1 is 1.39 bits per heavy atom. The highest BCUT2D eigenvalue weighted by Gasteiger charge is 2.09. The molecule has 0 fully saturated rings. The van der Waals surface area contributed by atoms with Gasteiger partial charge in [0.2, 0.25) is 0 Å². The van der Waals surface area contributed by atoms with Gasteiger partial charge in [0.05, 0.1) is 12.7 Å². The van der Waals surface area contributed by atoms with E-state index in [0.29, 0.717) is 12.1 Å². The number of rotatable bonds is 8. The van der Waals surface area contributed by atoms with Crippen LogP contribution in [-0.2, 0) is 4.74 Å². The molecule has 1 aromatic carbocycles. The second-order valence-corrected chi connectivity index (χ2v) is 6.41. The summed E-state index contributed by atoms with van der Waals surface area (Å²) in [6.07, 6.45) is 0.294. The van der Waals surface area contributed by atoms with E-state index in [4.69, 9.17) is 4.74 Å². The second-order valence-electron chi connectivity index (χ2n) is 4.41. The van der Waals surface area contributed by atoms with Gasteiger partial charge in [-0.05, 0) is 38.6 Å². The summed E-state index contributed by atoms with van der Waals surface area (Å²) in [5.41, 5.74) is 0. The van der Waals surface area contributed by atoms with Gasteiger partial charge in [0, 0.05) is 21.2 Å². The summed E-state index contributed by atoms with van der Waals surface area (Å²) in [6.45, 7) is 8.03. The predicted molar refractivity (Wildman–Crippen MR) is 83.4 cm³/mol. The van der Waals surface area contributed by atoms with E-state index in [1.54, 1.807) is 0 Å². The highest BCUT2D eigenvalue weighted by Crippen LogP contribution is 2.22. The summed E-state index contributed by atoms with van der Waals surface area (Å²) in [4.78, 5) is 1.29. The molecule has 1 atom stereocenters. The third-order valence-electron chi connectivity index (χ3n) is 2.37. The monoisotopic (exact) mass is 331 g/mol. The smallest absolute Gasteiger partial charge is 0.0631 e. The van der Waals surface area contributed by atoms with Crippen molar-refractivity contribution in [2.45, 2.75) is 37.8 Å². The lowest BCUT2D eigenvalue weighted by Gasteiger charge is -2.19. The zero-order valence-electron chi connectivity index (χ0n) is 11.3. The second kappa shape index (κ2) is 8.97. The standard InChI is InChI=1S/C14H22BrNOS/c1-4-16-13(9-17-11(2)3)10-18-14-7-5-6-12(15)8-14/h5-8,11,13,16H,4,9-10H2,1-3H3. The van der Waals surface area contributed by atoms with Gasteiger partial charge in [-0.15, -0.1) is 11.8 Å². The molecule has 18 heavy (non-hydrogen) atoms.